The van der Waals surface area contributed by atoms with E-state index in [1.165, 1.54) is 25.2 Å². The Morgan fingerprint density at radius 2 is 1.86 bits per heavy atom. The van der Waals surface area contributed by atoms with Crippen LogP contribution in [0.2, 0.25) is 10.0 Å². The molecule has 1 amide bonds. The van der Waals surface area contributed by atoms with Crippen molar-refractivity contribution in [3.05, 3.63) is 64.2 Å². The minimum Gasteiger partial charge on any atom is -0.406 e. The lowest BCUT2D eigenvalue weighted by molar-refractivity contribution is -0.142. The Morgan fingerprint density at radius 1 is 1.14 bits per heavy atom. The van der Waals surface area contributed by atoms with Crippen molar-refractivity contribution in [2.45, 2.75) is 6.18 Å². The third kappa shape index (κ3) is 4.80. The molecular formula is C18H11Cl2F4N3O2. The van der Waals surface area contributed by atoms with Gasteiger partial charge >= 0.3 is 12.3 Å². The first-order valence-corrected chi connectivity index (χ1v) is 8.65. The molecule has 152 valence electrons. The van der Waals surface area contributed by atoms with E-state index >= 15 is 0 Å². The zero-order valence-electron chi connectivity index (χ0n) is 14.5. The number of hydrogen-bond acceptors (Lipinski definition) is 3. The van der Waals surface area contributed by atoms with Crippen molar-refractivity contribution in [3.63, 3.8) is 0 Å². The molecule has 0 spiro atoms. The average Bonchev–Trinajstić information content (AvgIpc) is 2.98. The third-order valence-electron chi connectivity index (χ3n) is 3.72. The minimum absolute atomic E-state index is 0.0363. The Balaban J connectivity index is 1.90. The van der Waals surface area contributed by atoms with Crippen LogP contribution in [-0.2, 0) is 13.2 Å². The lowest BCUT2D eigenvalue weighted by atomic mass is 10.0. The summed E-state index contributed by atoms with van der Waals surface area (Å²) in [4.78, 5) is 12.2. The molecule has 29 heavy (non-hydrogen) atoms. The predicted molar refractivity (Wildman–Crippen MR) is 99.7 cm³/mol. The van der Waals surface area contributed by atoms with Crippen LogP contribution in [0.15, 0.2) is 42.6 Å². The van der Waals surface area contributed by atoms with Crippen molar-refractivity contribution in [3.8, 4) is 16.9 Å². The molecule has 0 bridgehead atoms. The summed E-state index contributed by atoms with van der Waals surface area (Å²) in [5.41, 5.74) is -0.554. The fourth-order valence-corrected chi connectivity index (χ4v) is 2.81. The van der Waals surface area contributed by atoms with Crippen LogP contribution in [0.5, 0.6) is 5.75 Å². The van der Waals surface area contributed by atoms with Crippen molar-refractivity contribution in [1.29, 1.82) is 0 Å². The molecule has 0 saturated carbocycles. The molecule has 0 aliphatic rings. The maximum Gasteiger partial charge on any atom is 0.438 e. The standard InChI is InChI=1S/C18H11Cl2F4N3O2/c1-27-8-15(16(26-27)18(22,23)24)29-17(28)25-14-7-10(21)3-4-11(14)9-2-5-12(19)13(20)6-9/h2-8H,1H3,(H,25,28). The molecular weight excluding hydrogens is 437 g/mol. The van der Waals surface area contributed by atoms with Gasteiger partial charge in [-0.25, -0.2) is 9.18 Å². The van der Waals surface area contributed by atoms with Crippen molar-refractivity contribution in [2.75, 3.05) is 5.32 Å². The number of aryl methyl sites for hydroxylation is 1. The Hall–Kier alpha value is -2.78. The Morgan fingerprint density at radius 3 is 2.52 bits per heavy atom. The highest BCUT2D eigenvalue weighted by Crippen LogP contribution is 2.36. The van der Waals surface area contributed by atoms with Crippen molar-refractivity contribution >= 4 is 35.0 Å². The summed E-state index contributed by atoms with van der Waals surface area (Å²) >= 11 is 11.9. The lowest BCUT2D eigenvalue weighted by Crippen LogP contribution is -2.19. The number of hydrogen-bond donors (Lipinski definition) is 1. The number of halogens is 6. The Kier molecular flexibility index (Phi) is 5.72. The van der Waals surface area contributed by atoms with Gasteiger partial charge in [-0.2, -0.15) is 18.3 Å². The van der Waals surface area contributed by atoms with E-state index in [4.69, 9.17) is 27.9 Å². The van der Waals surface area contributed by atoms with Crippen molar-refractivity contribution < 1.29 is 27.1 Å². The average molecular weight is 448 g/mol. The minimum atomic E-state index is -4.82. The molecule has 0 fully saturated rings. The number of alkyl halides is 3. The summed E-state index contributed by atoms with van der Waals surface area (Å²) in [6.07, 6.45) is -5.18. The summed E-state index contributed by atoms with van der Waals surface area (Å²) < 4.78 is 58.3. The highest BCUT2D eigenvalue weighted by atomic mass is 35.5. The van der Waals surface area contributed by atoms with Gasteiger partial charge in [0.25, 0.3) is 0 Å². The number of anilines is 1. The Bertz CT molecular complexity index is 1080. The highest BCUT2D eigenvalue weighted by Gasteiger charge is 2.38. The molecule has 0 aliphatic carbocycles. The third-order valence-corrected chi connectivity index (χ3v) is 4.45. The molecule has 0 radical (unpaired) electrons. The number of carbonyl (C=O) groups excluding carboxylic acids is 1. The normalized spacial score (nSPS) is 11.4. The van der Waals surface area contributed by atoms with Gasteiger partial charge in [-0.15, -0.1) is 0 Å². The summed E-state index contributed by atoms with van der Waals surface area (Å²) in [5.74, 6) is -1.47. The Labute approximate surface area is 171 Å². The van der Waals surface area contributed by atoms with Crippen molar-refractivity contribution in [2.24, 2.45) is 7.05 Å². The van der Waals surface area contributed by atoms with E-state index in [0.29, 0.717) is 16.1 Å². The summed E-state index contributed by atoms with van der Waals surface area (Å²) in [5, 5.41) is 6.00. The summed E-state index contributed by atoms with van der Waals surface area (Å²) in [6.45, 7) is 0. The second-order valence-corrected chi connectivity index (χ2v) is 6.66. The maximum atomic E-state index is 13.7. The number of nitrogens with zero attached hydrogens (tertiary/aromatic N) is 2. The largest absolute Gasteiger partial charge is 0.438 e. The molecule has 1 heterocycles. The van der Waals surface area contributed by atoms with Gasteiger partial charge in [-0.3, -0.25) is 10.00 Å². The van der Waals surface area contributed by atoms with Crippen LogP contribution in [0, 0.1) is 5.82 Å². The zero-order chi connectivity index (χ0) is 21.3. The van der Waals surface area contributed by atoms with Crippen molar-refractivity contribution in [1.82, 2.24) is 9.78 Å². The van der Waals surface area contributed by atoms with E-state index in [1.54, 1.807) is 6.07 Å². The van der Waals surface area contributed by atoms with Gasteiger partial charge in [-0.1, -0.05) is 29.3 Å². The van der Waals surface area contributed by atoms with Gasteiger partial charge in [-0.05, 0) is 35.9 Å². The summed E-state index contributed by atoms with van der Waals surface area (Å²) in [7, 11) is 1.24. The molecule has 11 heteroatoms. The molecule has 3 aromatic rings. The monoisotopic (exact) mass is 447 g/mol. The maximum absolute atomic E-state index is 13.7. The lowest BCUT2D eigenvalue weighted by Gasteiger charge is -2.13. The van der Waals surface area contributed by atoms with Gasteiger partial charge in [0.1, 0.15) is 5.82 Å². The fraction of sp³-hybridized carbons (Fsp3) is 0.111. The van der Waals surface area contributed by atoms with Gasteiger partial charge in [0, 0.05) is 12.6 Å². The van der Waals surface area contributed by atoms with E-state index in [2.05, 4.69) is 10.4 Å². The van der Waals surface area contributed by atoms with Crippen LogP contribution >= 0.6 is 23.2 Å². The van der Waals surface area contributed by atoms with Gasteiger partial charge in [0.15, 0.2) is 5.75 Å². The van der Waals surface area contributed by atoms with E-state index < -0.39 is 29.5 Å². The highest BCUT2D eigenvalue weighted by molar-refractivity contribution is 6.42. The van der Waals surface area contributed by atoms with Crippen LogP contribution in [0.3, 0.4) is 0 Å². The smallest absolute Gasteiger partial charge is 0.406 e. The van der Waals surface area contributed by atoms with E-state index in [9.17, 15) is 22.4 Å². The molecule has 0 saturated heterocycles. The molecule has 5 nitrogen and oxygen atoms in total. The molecule has 0 unspecified atom stereocenters. The van der Waals surface area contributed by atoms with Crippen LogP contribution < -0.4 is 10.1 Å². The number of amides is 1. The quantitative estimate of drug-likeness (QED) is 0.489. The second-order valence-electron chi connectivity index (χ2n) is 5.85. The van der Waals surface area contributed by atoms with Crippen LogP contribution in [0.1, 0.15) is 5.69 Å². The molecule has 1 aromatic heterocycles. The predicted octanol–water partition coefficient (Wildman–Crippen LogP) is 6.16. The zero-order valence-corrected chi connectivity index (χ0v) is 16.0. The van der Waals surface area contributed by atoms with Crippen LogP contribution in [0.4, 0.5) is 28.0 Å². The molecule has 3 rings (SSSR count). The number of ether oxygens (including phenoxy) is 1. The number of carbonyl (C=O) groups is 1. The second kappa shape index (κ2) is 7.92. The summed E-state index contributed by atoms with van der Waals surface area (Å²) in [6, 6.07) is 8.10. The fourth-order valence-electron chi connectivity index (χ4n) is 2.51. The van der Waals surface area contributed by atoms with Gasteiger partial charge < -0.3 is 4.74 Å². The SMILES string of the molecule is Cn1cc(OC(=O)Nc2cc(F)ccc2-c2ccc(Cl)c(Cl)c2)c(C(F)(F)F)n1. The number of benzene rings is 2. The first kappa shape index (κ1) is 20.9. The first-order valence-electron chi connectivity index (χ1n) is 7.89. The number of rotatable bonds is 3. The van der Waals surface area contributed by atoms with Crippen LogP contribution in [0.25, 0.3) is 11.1 Å². The van der Waals surface area contributed by atoms with E-state index in [0.717, 1.165) is 23.0 Å². The van der Waals surface area contributed by atoms with E-state index in [-0.39, 0.29) is 10.7 Å². The molecule has 0 atom stereocenters. The van der Waals surface area contributed by atoms with Gasteiger partial charge in [0.05, 0.1) is 21.9 Å². The topological polar surface area (TPSA) is 56.1 Å². The van der Waals surface area contributed by atoms with E-state index in [1.807, 2.05) is 0 Å². The molecule has 1 N–H and O–H groups in total. The number of aromatic nitrogens is 2. The van der Waals surface area contributed by atoms with Gasteiger partial charge in [0.2, 0.25) is 5.69 Å². The van der Waals surface area contributed by atoms with Crippen LogP contribution in [-0.4, -0.2) is 15.9 Å². The number of nitrogens with one attached hydrogen (secondary N) is 1. The molecule has 0 aliphatic heterocycles. The molecule has 2 aromatic carbocycles. The first-order chi connectivity index (χ1) is 13.5.